The smallest absolute Gasteiger partial charge is 0.247 e. The molecule has 0 aromatic carbocycles. The van der Waals surface area contributed by atoms with Gasteiger partial charge in [0.25, 0.3) is 0 Å². The number of H-pyrrole nitrogens is 1. The van der Waals surface area contributed by atoms with E-state index in [0.717, 1.165) is 17.4 Å². The monoisotopic (exact) mass is 299 g/mol. The lowest BCUT2D eigenvalue weighted by Gasteiger charge is -2.12. The molecule has 0 radical (unpaired) electrons. The summed E-state index contributed by atoms with van der Waals surface area (Å²) in [4.78, 5) is 25.6. The molecule has 0 saturated heterocycles. The Balaban J connectivity index is 2.39. The van der Waals surface area contributed by atoms with Crippen molar-refractivity contribution in [2.75, 3.05) is 0 Å². The summed E-state index contributed by atoms with van der Waals surface area (Å²) in [5.41, 5.74) is 6.54. The van der Waals surface area contributed by atoms with Gasteiger partial charge < -0.3 is 15.5 Å². The molecule has 1 amide bonds. The van der Waals surface area contributed by atoms with Crippen LogP contribution in [0.25, 0.3) is 15.9 Å². The van der Waals surface area contributed by atoms with E-state index in [1.54, 1.807) is 6.20 Å². The Labute approximate surface area is 128 Å². The topological polar surface area (TPSA) is 98.2 Å². The number of allylic oxidation sites excluding steroid dienone is 1. The molecule has 1 unspecified atom stereocenters. The van der Waals surface area contributed by atoms with Gasteiger partial charge in [0.2, 0.25) is 17.5 Å². The number of carbonyl (C=O) groups excluding carboxylic acids is 1. The van der Waals surface area contributed by atoms with Crippen LogP contribution in [0, 0.1) is 6.57 Å². The number of aromatic amines is 1. The van der Waals surface area contributed by atoms with Crippen LogP contribution in [-0.2, 0) is 11.2 Å². The van der Waals surface area contributed by atoms with Gasteiger partial charge in [0.15, 0.2) is 0 Å². The molecule has 1 atom stereocenters. The van der Waals surface area contributed by atoms with Crippen molar-refractivity contribution < 1.29 is 9.53 Å². The fourth-order valence-corrected chi connectivity index (χ4v) is 1.93. The average molecular weight is 299 g/mol. The largest absolute Gasteiger partial charge is 0.474 e. The van der Waals surface area contributed by atoms with Crippen LogP contribution in [0.2, 0.25) is 0 Å². The van der Waals surface area contributed by atoms with E-state index in [-0.39, 0.29) is 11.8 Å². The minimum atomic E-state index is -0.734. The zero-order valence-electron chi connectivity index (χ0n) is 12.5. The van der Waals surface area contributed by atoms with Crippen LogP contribution < -0.4 is 10.5 Å². The maximum Gasteiger partial charge on any atom is 0.247 e. The molecule has 7 heteroatoms. The highest BCUT2D eigenvalue weighted by molar-refractivity contribution is 5.94. The number of hydrogen-bond acceptors (Lipinski definition) is 4. The van der Waals surface area contributed by atoms with Gasteiger partial charge in [0.05, 0.1) is 18.1 Å². The van der Waals surface area contributed by atoms with Gasteiger partial charge in [0.1, 0.15) is 12.0 Å². The first-order chi connectivity index (χ1) is 10.6. The van der Waals surface area contributed by atoms with Crippen molar-refractivity contribution in [3.8, 4) is 5.88 Å². The van der Waals surface area contributed by atoms with E-state index >= 15 is 0 Å². The number of primary amides is 1. The van der Waals surface area contributed by atoms with Crippen LogP contribution in [0.15, 0.2) is 24.3 Å². The second-order valence-corrected chi connectivity index (χ2v) is 4.82. The summed E-state index contributed by atoms with van der Waals surface area (Å²) >= 11 is 0. The number of ether oxygens (including phenoxy) is 1. The number of aromatic nitrogens is 3. The first kappa shape index (κ1) is 15.5. The average Bonchev–Trinajstić information content (AvgIpc) is 2.92. The molecule has 0 aliphatic heterocycles. The van der Waals surface area contributed by atoms with E-state index in [4.69, 9.17) is 17.0 Å². The molecular weight excluding hydrogens is 282 g/mol. The van der Waals surface area contributed by atoms with E-state index in [0.29, 0.717) is 17.9 Å². The van der Waals surface area contributed by atoms with Crippen LogP contribution in [0.3, 0.4) is 0 Å². The van der Waals surface area contributed by atoms with Crippen LogP contribution in [0.4, 0.5) is 0 Å². The van der Waals surface area contributed by atoms with Gasteiger partial charge in [-0.2, -0.15) is 0 Å². The number of carbonyl (C=O) groups is 1. The molecule has 22 heavy (non-hydrogen) atoms. The third kappa shape index (κ3) is 3.23. The maximum absolute atomic E-state index is 11.1. The second-order valence-electron chi connectivity index (χ2n) is 4.82. The van der Waals surface area contributed by atoms with Gasteiger partial charge in [-0.05, 0) is 25.3 Å². The molecule has 0 bridgehead atoms. The van der Waals surface area contributed by atoms with Gasteiger partial charge >= 0.3 is 0 Å². The molecule has 2 aromatic heterocycles. The van der Waals surface area contributed by atoms with Crippen molar-refractivity contribution in [2.45, 2.75) is 32.8 Å². The Morgan fingerprint density at radius 3 is 3.00 bits per heavy atom. The summed E-state index contributed by atoms with van der Waals surface area (Å²) in [5, 5.41) is 0.757. The van der Waals surface area contributed by atoms with Gasteiger partial charge in [-0.3, -0.25) is 4.79 Å². The third-order valence-electron chi connectivity index (χ3n) is 3.29. The fourth-order valence-electron chi connectivity index (χ4n) is 1.93. The number of rotatable bonds is 6. The first-order valence-corrected chi connectivity index (χ1v) is 6.91. The molecule has 0 aliphatic rings. The van der Waals surface area contributed by atoms with E-state index in [9.17, 15) is 4.79 Å². The van der Waals surface area contributed by atoms with Gasteiger partial charge in [0, 0.05) is 6.20 Å². The van der Waals surface area contributed by atoms with Crippen molar-refractivity contribution in [1.29, 1.82) is 0 Å². The van der Waals surface area contributed by atoms with Gasteiger partial charge in [-0.15, -0.1) is 0 Å². The van der Waals surface area contributed by atoms with Crippen LogP contribution in [0.5, 0.6) is 5.88 Å². The van der Waals surface area contributed by atoms with Crippen molar-refractivity contribution in [1.82, 2.24) is 15.0 Å². The highest BCUT2D eigenvalue weighted by atomic mass is 16.5. The number of fused-ring (bicyclic) bond motifs is 1. The maximum atomic E-state index is 11.1. The van der Waals surface area contributed by atoms with Crippen LogP contribution in [0.1, 0.15) is 25.8 Å². The quantitative estimate of drug-likeness (QED) is 0.629. The summed E-state index contributed by atoms with van der Waals surface area (Å²) in [6, 6.07) is 0. The molecule has 7 nitrogen and oxygen atoms in total. The SMILES string of the molecule is [C-]#[N+]/C(=C\Cc1c[nH]c2ncnc(OC(C)CC)c12)C(N)=O. The van der Waals surface area contributed by atoms with Crippen molar-refractivity contribution in [2.24, 2.45) is 5.73 Å². The number of nitrogens with zero attached hydrogens (tertiary/aromatic N) is 3. The summed E-state index contributed by atoms with van der Waals surface area (Å²) < 4.78 is 5.81. The van der Waals surface area contributed by atoms with Gasteiger partial charge in [-0.1, -0.05) is 13.0 Å². The standard InChI is InChI=1S/C15H17N5O2/c1-4-9(2)22-15-12-10(5-6-11(17-3)13(16)21)7-18-14(12)19-8-20-15/h6-9H,4-5H2,1-2H3,(H2,16,21)(H,18,19,20)/b11-6-. The normalized spacial score (nSPS) is 12.9. The summed E-state index contributed by atoms with van der Waals surface area (Å²) in [7, 11) is 0. The summed E-state index contributed by atoms with van der Waals surface area (Å²) in [6.07, 6.45) is 5.95. The Hall–Kier alpha value is -2.88. The highest BCUT2D eigenvalue weighted by Crippen LogP contribution is 2.27. The predicted octanol–water partition coefficient (Wildman–Crippen LogP) is 1.97. The Bertz CT molecular complexity index is 757. The lowest BCUT2D eigenvalue weighted by molar-refractivity contribution is -0.114. The minimum Gasteiger partial charge on any atom is -0.474 e. The zero-order chi connectivity index (χ0) is 16.1. The molecule has 0 aliphatic carbocycles. The van der Waals surface area contributed by atoms with Crippen molar-refractivity contribution >= 4 is 16.9 Å². The number of nitrogens with one attached hydrogen (secondary N) is 1. The number of amides is 1. The van der Waals surface area contributed by atoms with Crippen LogP contribution in [-0.4, -0.2) is 27.0 Å². The van der Waals surface area contributed by atoms with Crippen LogP contribution >= 0.6 is 0 Å². The molecule has 2 heterocycles. The molecule has 2 aromatic rings. The fraction of sp³-hybridized carbons (Fsp3) is 0.333. The summed E-state index contributed by atoms with van der Waals surface area (Å²) in [6.45, 7) is 10.9. The molecular formula is C15H17N5O2. The Morgan fingerprint density at radius 1 is 1.59 bits per heavy atom. The van der Waals surface area contributed by atoms with E-state index in [1.807, 2.05) is 13.8 Å². The molecule has 0 spiro atoms. The Kier molecular flexibility index (Phi) is 4.73. The lowest BCUT2D eigenvalue weighted by atomic mass is 10.1. The van der Waals surface area contributed by atoms with Crippen molar-refractivity contribution in [3.63, 3.8) is 0 Å². The minimum absolute atomic E-state index is 0.0285. The predicted molar refractivity (Wildman–Crippen MR) is 81.9 cm³/mol. The molecule has 0 fully saturated rings. The Morgan fingerprint density at radius 2 is 2.36 bits per heavy atom. The molecule has 0 saturated carbocycles. The first-order valence-electron chi connectivity index (χ1n) is 6.91. The van der Waals surface area contributed by atoms with E-state index in [2.05, 4.69) is 19.8 Å². The third-order valence-corrected chi connectivity index (χ3v) is 3.29. The van der Waals surface area contributed by atoms with E-state index < -0.39 is 5.91 Å². The molecule has 3 N–H and O–H groups in total. The lowest BCUT2D eigenvalue weighted by Crippen LogP contribution is -2.12. The molecule has 2 rings (SSSR count). The number of hydrogen-bond donors (Lipinski definition) is 2. The zero-order valence-corrected chi connectivity index (χ0v) is 12.5. The number of nitrogens with two attached hydrogens (primary N) is 1. The van der Waals surface area contributed by atoms with E-state index in [1.165, 1.54) is 12.4 Å². The van der Waals surface area contributed by atoms with Crippen molar-refractivity contribution in [3.05, 3.63) is 41.3 Å². The summed E-state index contributed by atoms with van der Waals surface area (Å²) in [5.74, 6) is -0.241. The molecule has 114 valence electrons. The van der Waals surface area contributed by atoms with Gasteiger partial charge in [-0.25, -0.2) is 14.8 Å². The highest BCUT2D eigenvalue weighted by Gasteiger charge is 2.14. The second kappa shape index (κ2) is 6.72.